The molecule has 1 aromatic carbocycles. The molecule has 0 saturated carbocycles. The van der Waals surface area contributed by atoms with Gasteiger partial charge in [0.1, 0.15) is 0 Å². The van der Waals surface area contributed by atoms with Crippen LogP contribution in [-0.2, 0) is 4.79 Å². The smallest absolute Gasteiger partial charge is 0.226 e. The van der Waals surface area contributed by atoms with Gasteiger partial charge in [-0.1, -0.05) is 0 Å². The van der Waals surface area contributed by atoms with Gasteiger partial charge in [0.05, 0.1) is 12.8 Å². The molecule has 0 radical (unpaired) electrons. The second-order valence-electron chi connectivity index (χ2n) is 4.33. The second-order valence-corrected chi connectivity index (χ2v) is 5.19. The van der Waals surface area contributed by atoms with Crippen molar-refractivity contribution in [1.82, 2.24) is 4.98 Å². The number of nitrogens with zero attached hydrogens (tertiary/aromatic N) is 1. The lowest BCUT2D eigenvalue weighted by atomic mass is 10.1. The Hall–Kier alpha value is -1.99. The van der Waals surface area contributed by atoms with Crippen molar-refractivity contribution in [3.63, 3.8) is 0 Å². The molecular formula is C14H16FN3O2S. The van der Waals surface area contributed by atoms with Crippen LogP contribution in [0.25, 0.3) is 11.3 Å². The summed E-state index contributed by atoms with van der Waals surface area (Å²) < 4.78 is 18.5. The first-order chi connectivity index (χ1) is 10.1. The van der Waals surface area contributed by atoms with Gasteiger partial charge in [0.15, 0.2) is 16.7 Å². The van der Waals surface area contributed by atoms with Crippen LogP contribution in [0.15, 0.2) is 23.6 Å². The number of halogens is 1. The maximum absolute atomic E-state index is 13.7. The quantitative estimate of drug-likeness (QED) is 0.860. The third kappa shape index (κ3) is 3.99. The fourth-order valence-corrected chi connectivity index (χ4v) is 2.47. The molecule has 2 rings (SSSR count). The van der Waals surface area contributed by atoms with Crippen molar-refractivity contribution in [2.24, 2.45) is 5.73 Å². The average Bonchev–Trinajstić information content (AvgIpc) is 2.93. The van der Waals surface area contributed by atoms with Crippen LogP contribution in [0.5, 0.6) is 5.75 Å². The highest BCUT2D eigenvalue weighted by atomic mass is 32.1. The van der Waals surface area contributed by atoms with Crippen LogP contribution in [0.2, 0.25) is 0 Å². The summed E-state index contributed by atoms with van der Waals surface area (Å²) in [7, 11) is 1.41. The number of hydrogen-bond donors (Lipinski definition) is 2. The zero-order valence-electron chi connectivity index (χ0n) is 11.6. The van der Waals surface area contributed by atoms with Gasteiger partial charge in [-0.2, -0.15) is 0 Å². The predicted octanol–water partition coefficient (Wildman–Crippen LogP) is 2.64. The first kappa shape index (κ1) is 15.4. The third-order valence-electron chi connectivity index (χ3n) is 2.81. The van der Waals surface area contributed by atoms with E-state index in [0.717, 1.165) is 0 Å². The highest BCUT2D eigenvalue weighted by Crippen LogP contribution is 2.28. The van der Waals surface area contributed by atoms with Crippen molar-refractivity contribution >= 4 is 22.4 Å². The largest absolute Gasteiger partial charge is 0.494 e. The summed E-state index contributed by atoms with van der Waals surface area (Å²) in [6, 6.07) is 4.62. The van der Waals surface area contributed by atoms with Gasteiger partial charge in [0.2, 0.25) is 5.91 Å². The zero-order chi connectivity index (χ0) is 15.2. The molecule has 0 atom stereocenters. The van der Waals surface area contributed by atoms with Crippen LogP contribution in [0.4, 0.5) is 9.52 Å². The van der Waals surface area contributed by atoms with Crippen LogP contribution in [0, 0.1) is 5.82 Å². The first-order valence-corrected chi connectivity index (χ1v) is 7.31. The summed E-state index contributed by atoms with van der Waals surface area (Å²) in [5.41, 5.74) is 6.59. The summed E-state index contributed by atoms with van der Waals surface area (Å²) in [5.74, 6) is -0.386. The highest BCUT2D eigenvalue weighted by Gasteiger charge is 2.10. The maximum Gasteiger partial charge on any atom is 0.226 e. The number of hydrogen-bond acceptors (Lipinski definition) is 5. The molecule has 21 heavy (non-hydrogen) atoms. The first-order valence-electron chi connectivity index (χ1n) is 6.43. The Kier molecular flexibility index (Phi) is 5.24. The van der Waals surface area contributed by atoms with E-state index >= 15 is 0 Å². The molecule has 2 aromatic rings. The minimum atomic E-state index is -0.448. The Balaban J connectivity index is 2.09. The lowest BCUT2D eigenvalue weighted by Crippen LogP contribution is -2.13. The molecule has 112 valence electrons. The monoisotopic (exact) mass is 309 g/mol. The lowest BCUT2D eigenvalue weighted by molar-refractivity contribution is -0.116. The zero-order valence-corrected chi connectivity index (χ0v) is 12.4. The number of anilines is 1. The average molecular weight is 309 g/mol. The van der Waals surface area contributed by atoms with Crippen LogP contribution in [0.1, 0.15) is 12.8 Å². The molecule has 0 aliphatic heterocycles. The van der Waals surface area contributed by atoms with E-state index in [-0.39, 0.29) is 11.7 Å². The van der Waals surface area contributed by atoms with Gasteiger partial charge in [0.25, 0.3) is 0 Å². The molecule has 1 amide bonds. The van der Waals surface area contributed by atoms with Crippen LogP contribution in [-0.4, -0.2) is 24.5 Å². The number of rotatable bonds is 6. The van der Waals surface area contributed by atoms with E-state index < -0.39 is 5.82 Å². The summed E-state index contributed by atoms with van der Waals surface area (Å²) in [5, 5.41) is 4.95. The van der Waals surface area contributed by atoms with Crippen LogP contribution < -0.4 is 15.8 Å². The highest BCUT2D eigenvalue weighted by molar-refractivity contribution is 7.14. The number of amides is 1. The van der Waals surface area contributed by atoms with E-state index in [1.807, 2.05) is 0 Å². The van der Waals surface area contributed by atoms with E-state index in [1.165, 1.54) is 24.5 Å². The number of aromatic nitrogens is 1. The van der Waals surface area contributed by atoms with Gasteiger partial charge in [-0.05, 0) is 31.2 Å². The number of nitrogens with two attached hydrogens (primary N) is 1. The van der Waals surface area contributed by atoms with E-state index in [0.29, 0.717) is 35.8 Å². The summed E-state index contributed by atoms with van der Waals surface area (Å²) >= 11 is 1.29. The predicted molar refractivity (Wildman–Crippen MR) is 81.0 cm³/mol. The number of ether oxygens (including phenoxy) is 1. The summed E-state index contributed by atoms with van der Waals surface area (Å²) in [6.45, 7) is 0.474. The third-order valence-corrected chi connectivity index (χ3v) is 3.56. The van der Waals surface area contributed by atoms with Crippen molar-refractivity contribution in [2.75, 3.05) is 19.0 Å². The summed E-state index contributed by atoms with van der Waals surface area (Å²) in [4.78, 5) is 15.9. The fourth-order valence-electron chi connectivity index (χ4n) is 1.73. The van der Waals surface area contributed by atoms with E-state index in [2.05, 4.69) is 10.3 Å². The van der Waals surface area contributed by atoms with E-state index in [9.17, 15) is 9.18 Å². The van der Waals surface area contributed by atoms with Gasteiger partial charge in [-0.15, -0.1) is 11.3 Å². The second kappa shape index (κ2) is 7.14. The number of thiazole rings is 1. The van der Waals surface area contributed by atoms with E-state index in [4.69, 9.17) is 10.5 Å². The maximum atomic E-state index is 13.7. The van der Waals surface area contributed by atoms with Crippen molar-refractivity contribution in [1.29, 1.82) is 0 Å². The molecule has 0 aliphatic rings. The molecule has 7 heteroatoms. The Labute approximate surface area is 126 Å². The van der Waals surface area contributed by atoms with Crippen LogP contribution in [0.3, 0.4) is 0 Å². The summed E-state index contributed by atoms with van der Waals surface area (Å²) in [6.07, 6.45) is 0.996. The lowest BCUT2D eigenvalue weighted by Gasteiger charge is -2.03. The molecule has 3 N–H and O–H groups in total. The number of methoxy groups -OCH3 is 1. The van der Waals surface area contributed by atoms with Crippen molar-refractivity contribution in [2.45, 2.75) is 12.8 Å². The number of nitrogens with one attached hydrogen (secondary N) is 1. The van der Waals surface area contributed by atoms with Gasteiger partial charge in [-0.3, -0.25) is 4.79 Å². The molecule has 1 heterocycles. The Bertz CT molecular complexity index is 630. The van der Waals surface area contributed by atoms with Crippen molar-refractivity contribution in [3.8, 4) is 17.0 Å². The minimum absolute atomic E-state index is 0.123. The van der Waals surface area contributed by atoms with E-state index in [1.54, 1.807) is 17.5 Å². The Morgan fingerprint density at radius 1 is 1.52 bits per heavy atom. The molecule has 1 aromatic heterocycles. The Morgan fingerprint density at radius 3 is 3.00 bits per heavy atom. The van der Waals surface area contributed by atoms with Gasteiger partial charge in [-0.25, -0.2) is 9.37 Å². The molecular weight excluding hydrogens is 293 g/mol. The normalized spacial score (nSPS) is 10.4. The van der Waals surface area contributed by atoms with Crippen LogP contribution >= 0.6 is 11.3 Å². The molecule has 5 nitrogen and oxygen atoms in total. The number of benzene rings is 1. The molecule has 0 bridgehead atoms. The topological polar surface area (TPSA) is 77.2 Å². The molecule has 0 spiro atoms. The standard InChI is InChI=1S/C14H16FN3O2S/c1-20-12-5-4-9(7-10(12)15)11-8-21-14(17-11)18-13(19)3-2-6-16/h4-5,7-8H,2-3,6,16H2,1H3,(H,17,18,19). The molecule has 0 unspecified atom stereocenters. The SMILES string of the molecule is COc1ccc(-c2csc(NC(=O)CCCN)n2)cc1F. The van der Waals surface area contributed by atoms with Gasteiger partial charge in [0, 0.05) is 17.4 Å². The molecule has 0 fully saturated rings. The van der Waals surface area contributed by atoms with Gasteiger partial charge >= 0.3 is 0 Å². The van der Waals surface area contributed by atoms with Crippen molar-refractivity contribution in [3.05, 3.63) is 29.4 Å². The molecule has 0 saturated heterocycles. The van der Waals surface area contributed by atoms with Crippen molar-refractivity contribution < 1.29 is 13.9 Å². The fraction of sp³-hybridized carbons (Fsp3) is 0.286. The van der Waals surface area contributed by atoms with Gasteiger partial charge < -0.3 is 15.8 Å². The number of carbonyl (C=O) groups is 1. The Morgan fingerprint density at radius 2 is 2.33 bits per heavy atom. The minimum Gasteiger partial charge on any atom is -0.494 e. The molecule has 0 aliphatic carbocycles. The number of carbonyl (C=O) groups excluding carboxylic acids is 1.